The first kappa shape index (κ1) is 23.5. The lowest BCUT2D eigenvalue weighted by molar-refractivity contribution is -0.157. The van der Waals surface area contributed by atoms with Crippen LogP contribution in [0.4, 0.5) is 0 Å². The van der Waals surface area contributed by atoms with Crippen LogP contribution in [0, 0.1) is 18.3 Å². The van der Waals surface area contributed by atoms with Crippen molar-refractivity contribution in [1.82, 2.24) is 4.90 Å². The van der Waals surface area contributed by atoms with Gasteiger partial charge in [-0.05, 0) is 48.6 Å². The monoisotopic (exact) mass is 493 g/mol. The lowest BCUT2D eigenvalue weighted by Gasteiger charge is -2.59. The summed E-state index contributed by atoms with van der Waals surface area (Å²) >= 11 is 0. The molecule has 1 heterocycles. The zero-order chi connectivity index (χ0) is 25.8. The molecule has 4 aliphatic rings. The number of hydrogen-bond acceptors (Lipinski definition) is 3. The van der Waals surface area contributed by atoms with Gasteiger partial charge in [0.2, 0.25) is 5.91 Å². The minimum Gasteiger partial charge on any atom is -0.496 e. The summed E-state index contributed by atoms with van der Waals surface area (Å²) < 4.78 is 5.42. The van der Waals surface area contributed by atoms with E-state index in [2.05, 4.69) is 49.4 Å². The van der Waals surface area contributed by atoms with Crippen molar-refractivity contribution in [3.63, 3.8) is 0 Å². The highest BCUT2D eigenvalue weighted by Crippen LogP contribution is 2.68. The Bertz CT molecular complexity index is 1410. The fourth-order valence-corrected chi connectivity index (χ4v) is 7.54. The Hall–Kier alpha value is -3.86. The fraction of sp³-hybridized carbons (Fsp3) is 0.312. The number of carboxylic acid groups (broad SMARTS) is 1. The topological polar surface area (TPSA) is 66.8 Å². The van der Waals surface area contributed by atoms with E-state index in [1.165, 1.54) is 11.1 Å². The maximum absolute atomic E-state index is 13.5. The Labute approximate surface area is 217 Å². The van der Waals surface area contributed by atoms with Gasteiger partial charge in [-0.1, -0.05) is 72.3 Å². The van der Waals surface area contributed by atoms with Crippen LogP contribution < -0.4 is 4.74 Å². The Kier molecular flexibility index (Phi) is 5.48. The minimum absolute atomic E-state index is 0.116. The molecule has 5 heteroatoms. The highest BCUT2D eigenvalue weighted by Gasteiger charge is 2.70. The van der Waals surface area contributed by atoms with E-state index in [0.29, 0.717) is 12.3 Å². The second kappa shape index (κ2) is 8.62. The van der Waals surface area contributed by atoms with Gasteiger partial charge in [-0.25, -0.2) is 0 Å². The van der Waals surface area contributed by atoms with Crippen molar-refractivity contribution in [2.45, 2.75) is 31.1 Å². The van der Waals surface area contributed by atoms with E-state index in [9.17, 15) is 14.7 Å². The van der Waals surface area contributed by atoms with E-state index < -0.39 is 16.8 Å². The molecular weight excluding hydrogens is 462 g/mol. The van der Waals surface area contributed by atoms with Gasteiger partial charge in [0.05, 0.1) is 12.5 Å². The molecule has 37 heavy (non-hydrogen) atoms. The number of fused-ring (bicyclic) bond motifs is 1. The van der Waals surface area contributed by atoms with Crippen molar-refractivity contribution in [2.24, 2.45) is 11.3 Å². The van der Waals surface area contributed by atoms with Crippen LogP contribution in [0.5, 0.6) is 5.75 Å². The number of ether oxygens (including phenoxy) is 1. The van der Waals surface area contributed by atoms with Gasteiger partial charge < -0.3 is 14.7 Å². The SMILES string of the molecule is COc1ccccc1C=CC(=O)N1CC2C3(c4ccc(C)cc4)CCC(c4ccccc43)C2(C(=O)O)C1. The molecule has 3 aliphatic carbocycles. The number of hydrogen-bond donors (Lipinski definition) is 1. The van der Waals surface area contributed by atoms with Gasteiger partial charge in [0.1, 0.15) is 5.75 Å². The fourth-order valence-electron chi connectivity index (χ4n) is 7.54. The van der Waals surface area contributed by atoms with Crippen molar-refractivity contribution in [2.75, 3.05) is 20.2 Å². The third kappa shape index (κ3) is 3.29. The lowest BCUT2D eigenvalue weighted by Crippen LogP contribution is -2.60. The van der Waals surface area contributed by atoms with E-state index in [-0.39, 0.29) is 24.3 Å². The van der Waals surface area contributed by atoms with Gasteiger partial charge in [0, 0.05) is 42.0 Å². The van der Waals surface area contributed by atoms with Gasteiger partial charge in [-0.3, -0.25) is 9.59 Å². The number of benzene rings is 3. The summed E-state index contributed by atoms with van der Waals surface area (Å²) in [5, 5.41) is 10.9. The summed E-state index contributed by atoms with van der Waals surface area (Å²) in [5.74, 6) is -0.594. The van der Waals surface area contributed by atoms with Gasteiger partial charge >= 0.3 is 5.97 Å². The average molecular weight is 494 g/mol. The number of nitrogens with zero attached hydrogens (tertiary/aromatic N) is 1. The zero-order valence-electron chi connectivity index (χ0n) is 21.2. The van der Waals surface area contributed by atoms with Gasteiger partial charge in [-0.15, -0.1) is 0 Å². The number of rotatable bonds is 5. The maximum Gasteiger partial charge on any atom is 0.312 e. The number of carbonyl (C=O) groups excluding carboxylic acids is 1. The largest absolute Gasteiger partial charge is 0.496 e. The summed E-state index contributed by atoms with van der Waals surface area (Å²) in [5.41, 5.74) is 4.03. The quantitative estimate of drug-likeness (QED) is 0.482. The summed E-state index contributed by atoms with van der Waals surface area (Å²) in [6, 6.07) is 24.5. The Morgan fingerprint density at radius 3 is 2.51 bits per heavy atom. The molecule has 1 saturated heterocycles. The molecule has 2 fully saturated rings. The van der Waals surface area contributed by atoms with Crippen LogP contribution in [-0.2, 0) is 15.0 Å². The van der Waals surface area contributed by atoms with Crippen LogP contribution in [0.25, 0.3) is 6.08 Å². The molecule has 0 spiro atoms. The van der Waals surface area contributed by atoms with E-state index in [4.69, 9.17) is 4.74 Å². The summed E-state index contributed by atoms with van der Waals surface area (Å²) in [4.78, 5) is 28.5. The minimum atomic E-state index is -1.02. The first-order chi connectivity index (χ1) is 17.9. The number of para-hydroxylation sites is 1. The third-order valence-electron chi connectivity index (χ3n) is 9.16. The molecule has 0 radical (unpaired) electrons. The van der Waals surface area contributed by atoms with Crippen LogP contribution in [0.2, 0.25) is 0 Å². The Morgan fingerprint density at radius 1 is 1.03 bits per heavy atom. The van der Waals surface area contributed by atoms with E-state index in [1.54, 1.807) is 24.2 Å². The van der Waals surface area contributed by atoms with Crippen molar-refractivity contribution in [3.05, 3.63) is 107 Å². The average Bonchev–Trinajstić information content (AvgIpc) is 3.37. The van der Waals surface area contributed by atoms with E-state index in [1.807, 2.05) is 30.3 Å². The second-order valence-corrected chi connectivity index (χ2v) is 10.7. The molecule has 1 aliphatic heterocycles. The Balaban J connectivity index is 1.45. The standard InChI is InChI=1S/C32H31NO4/c1-21-11-14-23(15-12-21)31-18-17-26(24-8-4-5-9-25(24)31)32(30(35)36)20-33(19-28(31)32)29(34)16-13-22-7-3-6-10-27(22)37-2/h3-16,26,28H,17-20H2,1-2H3,(H,35,36). The molecule has 4 unspecified atom stereocenters. The highest BCUT2D eigenvalue weighted by molar-refractivity contribution is 5.93. The summed E-state index contributed by atoms with van der Waals surface area (Å²) in [7, 11) is 1.61. The molecule has 7 rings (SSSR count). The predicted molar refractivity (Wildman–Crippen MR) is 143 cm³/mol. The molecular formula is C32H31NO4. The van der Waals surface area contributed by atoms with Crippen molar-refractivity contribution in [3.8, 4) is 5.75 Å². The normalized spacial score (nSPS) is 27.7. The highest BCUT2D eigenvalue weighted by atomic mass is 16.5. The Morgan fingerprint density at radius 2 is 1.76 bits per heavy atom. The molecule has 1 saturated carbocycles. The van der Waals surface area contributed by atoms with E-state index in [0.717, 1.165) is 29.5 Å². The van der Waals surface area contributed by atoms with Crippen molar-refractivity contribution < 1.29 is 19.4 Å². The number of methoxy groups -OCH3 is 1. The first-order valence-corrected chi connectivity index (χ1v) is 12.9. The number of likely N-dealkylation sites (tertiary alicyclic amines) is 1. The van der Waals surface area contributed by atoms with E-state index >= 15 is 0 Å². The van der Waals surface area contributed by atoms with Crippen LogP contribution in [0.3, 0.4) is 0 Å². The molecule has 188 valence electrons. The van der Waals surface area contributed by atoms with Gasteiger partial charge in [0.25, 0.3) is 0 Å². The zero-order valence-corrected chi connectivity index (χ0v) is 21.2. The molecule has 3 aromatic rings. The number of aryl methyl sites for hydroxylation is 1. The summed E-state index contributed by atoms with van der Waals surface area (Å²) in [6.07, 6.45) is 5.00. The third-order valence-corrected chi connectivity index (χ3v) is 9.16. The summed E-state index contributed by atoms with van der Waals surface area (Å²) in [6.45, 7) is 2.70. The maximum atomic E-state index is 13.5. The van der Waals surface area contributed by atoms with Gasteiger partial charge in [0.15, 0.2) is 0 Å². The first-order valence-electron chi connectivity index (χ1n) is 12.9. The molecule has 5 nitrogen and oxygen atoms in total. The molecule has 0 aromatic heterocycles. The van der Waals surface area contributed by atoms with Crippen molar-refractivity contribution >= 4 is 18.0 Å². The van der Waals surface area contributed by atoms with Crippen LogP contribution >= 0.6 is 0 Å². The van der Waals surface area contributed by atoms with Gasteiger partial charge in [-0.2, -0.15) is 0 Å². The van der Waals surface area contributed by atoms with Crippen LogP contribution in [0.1, 0.15) is 46.6 Å². The molecule has 2 bridgehead atoms. The second-order valence-electron chi connectivity index (χ2n) is 10.7. The molecule has 3 aromatic carbocycles. The predicted octanol–water partition coefficient (Wildman–Crippen LogP) is 5.42. The van der Waals surface area contributed by atoms with Crippen LogP contribution in [-0.4, -0.2) is 42.1 Å². The smallest absolute Gasteiger partial charge is 0.312 e. The number of aliphatic carboxylic acids is 1. The van der Waals surface area contributed by atoms with Crippen molar-refractivity contribution in [1.29, 1.82) is 0 Å². The number of amides is 1. The number of carboxylic acids is 1. The molecule has 1 amide bonds. The van der Waals surface area contributed by atoms with Crippen LogP contribution in [0.15, 0.2) is 78.9 Å². The molecule has 1 N–H and O–H groups in total. The number of carbonyl (C=O) groups is 2. The lowest BCUT2D eigenvalue weighted by atomic mass is 9.42. The molecule has 4 atom stereocenters.